The predicted molar refractivity (Wildman–Crippen MR) is 59.9 cm³/mol. The van der Waals surface area contributed by atoms with Gasteiger partial charge in [-0.05, 0) is 17.9 Å². The van der Waals surface area contributed by atoms with Crippen LogP contribution in [0.5, 0.6) is 0 Å². The van der Waals surface area contributed by atoms with E-state index in [9.17, 15) is 30.7 Å². The quantitative estimate of drug-likeness (QED) is 0.673. The fourth-order valence-electron chi connectivity index (χ4n) is 1.68. The van der Waals surface area contributed by atoms with Crippen molar-refractivity contribution in [1.82, 2.24) is 0 Å². The number of hydrogen-bond acceptors (Lipinski definition) is 0. The fraction of sp³-hybridized carbons (Fsp3) is 0.538. The maximum atomic E-state index is 13.4. The van der Waals surface area contributed by atoms with Gasteiger partial charge in [0.2, 0.25) is 0 Å². The number of rotatable bonds is 4. The van der Waals surface area contributed by atoms with Gasteiger partial charge in [0, 0.05) is 5.56 Å². The molecule has 0 heterocycles. The number of benzene rings is 1. The Balaban J connectivity index is 3.10. The van der Waals surface area contributed by atoms with Gasteiger partial charge in [0.05, 0.1) is 0 Å². The Hall–Kier alpha value is -1.27. The maximum Gasteiger partial charge on any atom is 0.460 e. The van der Waals surface area contributed by atoms with E-state index < -0.39 is 23.6 Å². The molecule has 1 rings (SSSR count). The van der Waals surface area contributed by atoms with Crippen molar-refractivity contribution in [2.45, 2.75) is 38.3 Å². The van der Waals surface area contributed by atoms with E-state index in [0.717, 1.165) is 12.1 Å². The van der Waals surface area contributed by atoms with E-state index in [1.165, 1.54) is 0 Å². The summed E-state index contributed by atoms with van der Waals surface area (Å²) in [5.41, 5.74) is -0.762. The van der Waals surface area contributed by atoms with E-state index >= 15 is 0 Å². The van der Waals surface area contributed by atoms with Crippen molar-refractivity contribution in [3.05, 3.63) is 35.4 Å². The summed E-state index contributed by atoms with van der Waals surface area (Å²) in [5, 5.41) is 0. The average molecular weight is 302 g/mol. The van der Waals surface area contributed by atoms with Crippen LogP contribution in [0, 0.1) is 5.92 Å². The highest BCUT2D eigenvalue weighted by atomic mass is 19.4. The smallest absolute Gasteiger partial charge is 0.194 e. The molecule has 0 unspecified atom stereocenters. The summed E-state index contributed by atoms with van der Waals surface area (Å²) in [6, 6.07) is 3.49. The predicted octanol–water partition coefficient (Wildman–Crippen LogP) is 5.17. The lowest BCUT2D eigenvalue weighted by atomic mass is 9.97. The molecule has 0 N–H and O–H groups in total. The van der Waals surface area contributed by atoms with Crippen molar-refractivity contribution in [2.24, 2.45) is 5.92 Å². The monoisotopic (exact) mass is 302 g/mol. The van der Waals surface area contributed by atoms with Crippen molar-refractivity contribution in [1.29, 1.82) is 0 Å². The van der Waals surface area contributed by atoms with E-state index in [-0.39, 0.29) is 5.92 Å². The second kappa shape index (κ2) is 5.26. The first-order valence-electron chi connectivity index (χ1n) is 5.81. The molecule has 0 atom stereocenters. The van der Waals surface area contributed by atoms with Crippen LogP contribution in [0.15, 0.2) is 24.3 Å². The van der Waals surface area contributed by atoms with Gasteiger partial charge in [-0.1, -0.05) is 38.1 Å². The van der Waals surface area contributed by atoms with Crippen molar-refractivity contribution < 1.29 is 30.7 Å². The van der Waals surface area contributed by atoms with E-state index in [4.69, 9.17) is 0 Å². The van der Waals surface area contributed by atoms with Crippen molar-refractivity contribution in [3.63, 3.8) is 0 Å². The zero-order valence-electron chi connectivity index (χ0n) is 10.7. The molecule has 0 aromatic heterocycles. The zero-order valence-corrected chi connectivity index (χ0v) is 10.7. The lowest BCUT2D eigenvalue weighted by Crippen LogP contribution is -2.50. The molecule has 0 saturated carbocycles. The van der Waals surface area contributed by atoms with Crippen LogP contribution in [0.1, 0.15) is 25.0 Å². The highest BCUT2D eigenvalue weighted by Gasteiger charge is 2.73. The average Bonchev–Trinajstić information content (AvgIpc) is 2.27. The van der Waals surface area contributed by atoms with Gasteiger partial charge < -0.3 is 0 Å². The highest BCUT2D eigenvalue weighted by molar-refractivity contribution is 5.28. The summed E-state index contributed by atoms with van der Waals surface area (Å²) >= 11 is 0. The number of hydrogen-bond donors (Lipinski definition) is 0. The Morgan fingerprint density at radius 2 is 1.30 bits per heavy atom. The van der Waals surface area contributed by atoms with Crippen molar-refractivity contribution >= 4 is 0 Å². The third kappa shape index (κ3) is 3.07. The Morgan fingerprint density at radius 3 is 1.65 bits per heavy atom. The van der Waals surface area contributed by atoms with Crippen LogP contribution < -0.4 is 0 Å². The lowest BCUT2D eigenvalue weighted by molar-refractivity contribution is -0.359. The number of halogens is 7. The molecule has 0 amide bonds. The SMILES string of the molecule is CC(C)Cc1ccc(C(F)(F)C(F)(F)C(F)(F)F)cc1. The molecule has 0 spiro atoms. The molecule has 0 fully saturated rings. The van der Waals surface area contributed by atoms with Crippen LogP contribution in [-0.2, 0) is 12.3 Å². The van der Waals surface area contributed by atoms with Crippen molar-refractivity contribution in [3.8, 4) is 0 Å². The first kappa shape index (κ1) is 16.8. The summed E-state index contributed by atoms with van der Waals surface area (Å²) in [6.07, 6.45) is -5.80. The van der Waals surface area contributed by atoms with E-state index in [2.05, 4.69) is 0 Å². The molecule has 0 nitrogen and oxygen atoms in total. The summed E-state index contributed by atoms with van der Waals surface area (Å²) in [4.78, 5) is 0. The molecular weight excluding hydrogens is 289 g/mol. The molecule has 1 aromatic rings. The molecular formula is C13H13F7. The van der Waals surface area contributed by atoms with Gasteiger partial charge in [-0.15, -0.1) is 0 Å². The van der Waals surface area contributed by atoms with E-state index in [1.807, 2.05) is 13.8 Å². The van der Waals surface area contributed by atoms with Gasteiger partial charge in [-0.3, -0.25) is 0 Å². The minimum absolute atomic E-state index is 0.206. The van der Waals surface area contributed by atoms with Crippen LogP contribution in [0.3, 0.4) is 0 Å². The fourth-order valence-corrected chi connectivity index (χ4v) is 1.68. The molecule has 0 radical (unpaired) electrons. The molecule has 0 aliphatic rings. The molecule has 0 saturated heterocycles. The first-order chi connectivity index (χ1) is 8.89. The minimum atomic E-state index is -6.31. The van der Waals surface area contributed by atoms with Gasteiger partial charge in [-0.25, -0.2) is 0 Å². The molecule has 114 valence electrons. The standard InChI is InChI=1S/C13H13F7/c1-8(2)7-9-3-5-10(6-4-9)11(14,15)12(16,17)13(18,19)20/h3-6,8H,7H2,1-2H3. The Morgan fingerprint density at radius 1 is 0.850 bits per heavy atom. The van der Waals surface area contributed by atoms with Crippen LogP contribution in [-0.4, -0.2) is 12.1 Å². The van der Waals surface area contributed by atoms with Gasteiger partial charge in [0.15, 0.2) is 0 Å². The lowest BCUT2D eigenvalue weighted by Gasteiger charge is -2.28. The Bertz CT molecular complexity index is 443. The Labute approximate surface area is 111 Å². The van der Waals surface area contributed by atoms with Gasteiger partial charge in [0.1, 0.15) is 0 Å². The van der Waals surface area contributed by atoms with Crippen LogP contribution in [0.2, 0.25) is 0 Å². The molecule has 20 heavy (non-hydrogen) atoms. The molecule has 1 aromatic carbocycles. The van der Waals surface area contributed by atoms with Crippen LogP contribution in [0.25, 0.3) is 0 Å². The van der Waals surface area contributed by atoms with Gasteiger partial charge in [-0.2, -0.15) is 30.7 Å². The summed E-state index contributed by atoms with van der Waals surface area (Å²) in [5.74, 6) is -11.2. The topological polar surface area (TPSA) is 0 Å². The van der Waals surface area contributed by atoms with Gasteiger partial charge in [0.25, 0.3) is 0 Å². The summed E-state index contributed by atoms with van der Waals surface area (Å²) in [7, 11) is 0. The Kier molecular flexibility index (Phi) is 4.41. The summed E-state index contributed by atoms with van der Waals surface area (Å²) in [6.45, 7) is 3.72. The van der Waals surface area contributed by atoms with Crippen LogP contribution in [0.4, 0.5) is 30.7 Å². The third-order valence-electron chi connectivity index (χ3n) is 2.71. The number of alkyl halides is 7. The molecule has 0 aliphatic heterocycles. The highest BCUT2D eigenvalue weighted by Crippen LogP contribution is 2.51. The maximum absolute atomic E-state index is 13.4. The first-order valence-corrected chi connectivity index (χ1v) is 5.81. The van der Waals surface area contributed by atoms with Crippen molar-refractivity contribution in [2.75, 3.05) is 0 Å². The second-order valence-electron chi connectivity index (χ2n) is 4.94. The summed E-state index contributed by atoms with van der Waals surface area (Å²) < 4.78 is 88.5. The normalized spacial score (nSPS) is 13.9. The second-order valence-corrected chi connectivity index (χ2v) is 4.94. The van der Waals surface area contributed by atoms with E-state index in [0.29, 0.717) is 24.1 Å². The van der Waals surface area contributed by atoms with Crippen LogP contribution >= 0.6 is 0 Å². The zero-order chi connectivity index (χ0) is 15.8. The molecule has 0 aliphatic carbocycles. The minimum Gasteiger partial charge on any atom is -0.194 e. The van der Waals surface area contributed by atoms with E-state index in [1.54, 1.807) is 0 Å². The molecule has 0 bridgehead atoms. The third-order valence-corrected chi connectivity index (χ3v) is 2.71. The van der Waals surface area contributed by atoms with Gasteiger partial charge >= 0.3 is 18.0 Å². The largest absolute Gasteiger partial charge is 0.460 e. The molecule has 7 heteroatoms.